The van der Waals surface area contributed by atoms with Gasteiger partial charge < -0.3 is 19.6 Å². The predicted octanol–water partition coefficient (Wildman–Crippen LogP) is 1.59. The van der Waals surface area contributed by atoms with Crippen LogP contribution in [-0.2, 0) is 11.2 Å². The number of furan rings is 1. The Bertz CT molecular complexity index is 274. The highest BCUT2D eigenvalue weighted by Crippen LogP contribution is 2.05. The first-order valence-electron chi connectivity index (χ1n) is 6.15. The summed E-state index contributed by atoms with van der Waals surface area (Å²) in [5, 5.41) is 12.8. The maximum Gasteiger partial charge on any atom is 0.103 e. The Balaban J connectivity index is 2.03. The molecule has 0 amide bonds. The van der Waals surface area contributed by atoms with E-state index in [9.17, 15) is 5.11 Å². The normalized spacial score (nSPS) is 14.8. The molecule has 0 radical (unpaired) electrons. The summed E-state index contributed by atoms with van der Waals surface area (Å²) in [6, 6.07) is 4.33. The van der Waals surface area contributed by atoms with Crippen LogP contribution in [0.4, 0.5) is 0 Å². The zero-order valence-electron chi connectivity index (χ0n) is 10.7. The second-order valence-corrected chi connectivity index (χ2v) is 4.37. The van der Waals surface area contributed by atoms with E-state index in [1.54, 1.807) is 13.4 Å². The molecule has 0 spiro atoms. The standard InChI is InChI=1S/C13H23NO3/c1-11(5-6-13-4-3-9-17-13)14-8-7-12(15)10-16-2/h3-4,9,11-12,14-15H,5-8,10H2,1-2H3. The molecule has 0 saturated heterocycles. The highest BCUT2D eigenvalue weighted by atomic mass is 16.5. The van der Waals surface area contributed by atoms with Gasteiger partial charge >= 0.3 is 0 Å². The maximum atomic E-state index is 9.46. The number of aryl methyl sites for hydroxylation is 1. The van der Waals surface area contributed by atoms with Crippen LogP contribution < -0.4 is 5.32 Å². The van der Waals surface area contributed by atoms with E-state index < -0.39 is 0 Å². The number of hydrogen-bond acceptors (Lipinski definition) is 4. The molecule has 0 bridgehead atoms. The van der Waals surface area contributed by atoms with Crippen LogP contribution in [0.2, 0.25) is 0 Å². The lowest BCUT2D eigenvalue weighted by atomic mass is 10.1. The molecule has 0 aliphatic rings. The molecule has 2 atom stereocenters. The largest absolute Gasteiger partial charge is 0.469 e. The van der Waals surface area contributed by atoms with Gasteiger partial charge in [0, 0.05) is 19.6 Å². The first kappa shape index (κ1) is 14.2. The van der Waals surface area contributed by atoms with Crippen LogP contribution in [0.5, 0.6) is 0 Å². The van der Waals surface area contributed by atoms with E-state index >= 15 is 0 Å². The van der Waals surface area contributed by atoms with E-state index in [0.717, 1.165) is 31.6 Å². The van der Waals surface area contributed by atoms with Crippen molar-refractivity contribution in [2.24, 2.45) is 0 Å². The lowest BCUT2D eigenvalue weighted by Gasteiger charge is -2.15. The maximum absolute atomic E-state index is 9.46. The minimum atomic E-state index is -0.371. The number of nitrogens with one attached hydrogen (secondary N) is 1. The zero-order chi connectivity index (χ0) is 12.5. The predicted molar refractivity (Wildman–Crippen MR) is 67.0 cm³/mol. The lowest BCUT2D eigenvalue weighted by molar-refractivity contribution is 0.0590. The molecule has 2 N–H and O–H groups in total. The Morgan fingerprint density at radius 2 is 2.29 bits per heavy atom. The van der Waals surface area contributed by atoms with Gasteiger partial charge in [0.2, 0.25) is 0 Å². The molecule has 0 aliphatic heterocycles. The molecule has 1 aromatic heterocycles. The van der Waals surface area contributed by atoms with Gasteiger partial charge in [-0.05, 0) is 38.4 Å². The Morgan fingerprint density at radius 1 is 1.47 bits per heavy atom. The Hall–Kier alpha value is -0.840. The molecule has 1 rings (SSSR count). The molecule has 1 aromatic rings. The first-order valence-corrected chi connectivity index (χ1v) is 6.15. The van der Waals surface area contributed by atoms with Gasteiger partial charge in [0.1, 0.15) is 5.76 Å². The number of aliphatic hydroxyl groups excluding tert-OH is 1. The minimum absolute atomic E-state index is 0.371. The third kappa shape index (κ3) is 6.46. The molecular weight excluding hydrogens is 218 g/mol. The minimum Gasteiger partial charge on any atom is -0.469 e. The van der Waals surface area contributed by atoms with Crippen LogP contribution in [0.25, 0.3) is 0 Å². The summed E-state index contributed by atoms with van der Waals surface area (Å²) in [5.74, 6) is 1.03. The third-order valence-electron chi connectivity index (χ3n) is 2.73. The van der Waals surface area contributed by atoms with E-state index in [1.807, 2.05) is 12.1 Å². The third-order valence-corrected chi connectivity index (χ3v) is 2.73. The van der Waals surface area contributed by atoms with Gasteiger partial charge in [-0.3, -0.25) is 0 Å². The monoisotopic (exact) mass is 241 g/mol. The summed E-state index contributed by atoms with van der Waals surface area (Å²) in [4.78, 5) is 0. The summed E-state index contributed by atoms with van der Waals surface area (Å²) in [6.45, 7) is 3.36. The number of aliphatic hydroxyl groups is 1. The highest BCUT2D eigenvalue weighted by molar-refractivity contribution is 4.98. The average molecular weight is 241 g/mol. The quantitative estimate of drug-likeness (QED) is 0.689. The summed E-state index contributed by atoms with van der Waals surface area (Å²) in [5.41, 5.74) is 0. The molecule has 0 aromatic carbocycles. The molecule has 2 unspecified atom stereocenters. The van der Waals surface area contributed by atoms with Gasteiger partial charge in [-0.15, -0.1) is 0 Å². The van der Waals surface area contributed by atoms with E-state index in [0.29, 0.717) is 12.6 Å². The summed E-state index contributed by atoms with van der Waals surface area (Å²) in [7, 11) is 1.60. The molecule has 98 valence electrons. The Morgan fingerprint density at radius 3 is 2.94 bits per heavy atom. The fourth-order valence-corrected chi connectivity index (χ4v) is 1.69. The second kappa shape index (κ2) is 8.28. The van der Waals surface area contributed by atoms with Crippen molar-refractivity contribution in [3.63, 3.8) is 0 Å². The van der Waals surface area contributed by atoms with Crippen molar-refractivity contribution in [1.82, 2.24) is 5.32 Å². The van der Waals surface area contributed by atoms with E-state index in [-0.39, 0.29) is 6.10 Å². The number of rotatable bonds is 9. The Labute approximate surface area is 103 Å². The molecule has 0 fully saturated rings. The lowest BCUT2D eigenvalue weighted by Crippen LogP contribution is -2.30. The molecule has 4 heteroatoms. The van der Waals surface area contributed by atoms with Crippen LogP contribution in [0.3, 0.4) is 0 Å². The van der Waals surface area contributed by atoms with Gasteiger partial charge in [-0.1, -0.05) is 0 Å². The van der Waals surface area contributed by atoms with Gasteiger partial charge in [-0.2, -0.15) is 0 Å². The van der Waals surface area contributed by atoms with E-state index in [1.165, 1.54) is 0 Å². The summed E-state index contributed by atoms with van der Waals surface area (Å²) < 4.78 is 10.1. The summed E-state index contributed by atoms with van der Waals surface area (Å²) >= 11 is 0. The van der Waals surface area contributed by atoms with E-state index in [2.05, 4.69) is 12.2 Å². The SMILES string of the molecule is COCC(O)CCNC(C)CCc1ccco1. The molecule has 1 heterocycles. The fraction of sp³-hybridized carbons (Fsp3) is 0.692. The van der Waals surface area contributed by atoms with Crippen LogP contribution in [-0.4, -0.2) is 37.5 Å². The summed E-state index contributed by atoms with van der Waals surface area (Å²) in [6.07, 6.45) is 4.04. The van der Waals surface area contributed by atoms with Crippen molar-refractivity contribution in [1.29, 1.82) is 0 Å². The van der Waals surface area contributed by atoms with Crippen molar-refractivity contribution in [3.8, 4) is 0 Å². The topological polar surface area (TPSA) is 54.6 Å². The van der Waals surface area contributed by atoms with Gasteiger partial charge in [0.15, 0.2) is 0 Å². The van der Waals surface area contributed by atoms with Crippen LogP contribution in [0, 0.1) is 0 Å². The second-order valence-electron chi connectivity index (χ2n) is 4.37. The van der Waals surface area contributed by atoms with Crippen molar-refractivity contribution in [2.45, 2.75) is 38.3 Å². The molecular formula is C13H23NO3. The molecule has 0 aliphatic carbocycles. The number of methoxy groups -OCH3 is 1. The molecule has 17 heavy (non-hydrogen) atoms. The molecule has 0 saturated carbocycles. The average Bonchev–Trinajstić information content (AvgIpc) is 2.79. The van der Waals surface area contributed by atoms with Gasteiger partial charge in [0.25, 0.3) is 0 Å². The van der Waals surface area contributed by atoms with Gasteiger partial charge in [-0.25, -0.2) is 0 Å². The van der Waals surface area contributed by atoms with Crippen molar-refractivity contribution in [3.05, 3.63) is 24.2 Å². The fourth-order valence-electron chi connectivity index (χ4n) is 1.69. The molecule has 4 nitrogen and oxygen atoms in total. The van der Waals surface area contributed by atoms with E-state index in [4.69, 9.17) is 9.15 Å². The Kier molecular flexibility index (Phi) is 6.93. The zero-order valence-corrected chi connectivity index (χ0v) is 10.7. The number of ether oxygens (including phenoxy) is 1. The van der Waals surface area contributed by atoms with Crippen molar-refractivity contribution >= 4 is 0 Å². The smallest absolute Gasteiger partial charge is 0.103 e. The number of hydrogen-bond donors (Lipinski definition) is 2. The first-order chi connectivity index (χ1) is 8.22. The van der Waals surface area contributed by atoms with Gasteiger partial charge in [0.05, 0.1) is 19.0 Å². The van der Waals surface area contributed by atoms with Crippen LogP contribution >= 0.6 is 0 Å². The van der Waals surface area contributed by atoms with Crippen LogP contribution in [0.1, 0.15) is 25.5 Å². The highest BCUT2D eigenvalue weighted by Gasteiger charge is 2.06. The van der Waals surface area contributed by atoms with Crippen molar-refractivity contribution in [2.75, 3.05) is 20.3 Å². The van der Waals surface area contributed by atoms with Crippen LogP contribution in [0.15, 0.2) is 22.8 Å². The van der Waals surface area contributed by atoms with Crippen molar-refractivity contribution < 1.29 is 14.3 Å².